The van der Waals surface area contributed by atoms with Crippen molar-refractivity contribution in [3.8, 4) is 11.5 Å². The number of rotatable bonds is 2. The smallest absolute Gasteiger partial charge is 0.395 e. The Labute approximate surface area is 124 Å². The first kappa shape index (κ1) is 13.5. The van der Waals surface area contributed by atoms with Crippen molar-refractivity contribution in [3.63, 3.8) is 0 Å². The van der Waals surface area contributed by atoms with Gasteiger partial charge < -0.3 is 14.8 Å². The predicted molar refractivity (Wildman–Crippen MR) is 72.8 cm³/mol. The number of thiazole rings is 1. The van der Waals surface area contributed by atoms with Crippen LogP contribution in [0.3, 0.4) is 0 Å². The van der Waals surface area contributed by atoms with Crippen molar-refractivity contribution >= 4 is 48.5 Å². The fourth-order valence-electron chi connectivity index (χ4n) is 1.63. The molecule has 20 heavy (non-hydrogen) atoms. The molecule has 0 bridgehead atoms. The second kappa shape index (κ2) is 4.52. The van der Waals surface area contributed by atoms with Crippen molar-refractivity contribution in [1.29, 1.82) is 0 Å². The molecule has 0 saturated heterocycles. The van der Waals surface area contributed by atoms with Gasteiger partial charge in [0.1, 0.15) is 0 Å². The van der Waals surface area contributed by atoms with Gasteiger partial charge in [0.15, 0.2) is 16.6 Å². The Bertz CT molecular complexity index is 659. The Balaban J connectivity index is 1.93. The Morgan fingerprint density at radius 2 is 2.10 bits per heavy atom. The molecule has 5 nitrogen and oxygen atoms in total. The summed E-state index contributed by atoms with van der Waals surface area (Å²) in [5.74, 6) is -0.354. The monoisotopic (exact) mass is 364 g/mol. The minimum atomic E-state index is -3.64. The second-order valence-electron chi connectivity index (χ2n) is 4.06. The standard InChI is InChI=1S/C11H7BrF2N2O3S/c1-4(12)9(17)16-10-15-5-2-6-7(3-8(5)20-10)19-11(13,14)18-6/h2-4H,1H3,(H,15,16,17). The number of halogens is 3. The number of anilines is 1. The van der Waals surface area contributed by atoms with Gasteiger partial charge >= 0.3 is 6.29 Å². The zero-order chi connectivity index (χ0) is 14.5. The van der Waals surface area contributed by atoms with E-state index in [-0.39, 0.29) is 22.2 Å². The number of alkyl halides is 3. The first-order valence-corrected chi connectivity index (χ1v) is 7.23. The molecule has 1 aromatic heterocycles. The number of benzene rings is 1. The normalized spacial score (nSPS) is 17.2. The molecule has 106 valence electrons. The lowest BCUT2D eigenvalue weighted by Crippen LogP contribution is -2.25. The van der Waals surface area contributed by atoms with E-state index in [0.717, 1.165) is 11.3 Å². The molecule has 0 fully saturated rings. The van der Waals surface area contributed by atoms with Crippen molar-refractivity contribution in [2.24, 2.45) is 0 Å². The van der Waals surface area contributed by atoms with E-state index in [0.29, 0.717) is 15.3 Å². The number of hydrogen-bond acceptors (Lipinski definition) is 5. The quantitative estimate of drug-likeness (QED) is 0.830. The van der Waals surface area contributed by atoms with Gasteiger partial charge in [-0.15, -0.1) is 8.78 Å². The molecule has 1 N–H and O–H groups in total. The molecule has 0 aliphatic carbocycles. The summed E-state index contributed by atoms with van der Waals surface area (Å²) in [5, 5.41) is 3.00. The molecule has 9 heteroatoms. The molecular formula is C11H7BrF2N2O3S. The lowest BCUT2D eigenvalue weighted by atomic mass is 10.3. The summed E-state index contributed by atoms with van der Waals surface area (Å²) in [6, 6.07) is 2.77. The average molecular weight is 365 g/mol. The van der Waals surface area contributed by atoms with Crippen LogP contribution in [0.1, 0.15) is 6.92 Å². The van der Waals surface area contributed by atoms with Crippen LogP contribution in [0.2, 0.25) is 0 Å². The first-order chi connectivity index (χ1) is 9.34. The molecule has 2 heterocycles. The van der Waals surface area contributed by atoms with Crippen LogP contribution < -0.4 is 14.8 Å². The highest BCUT2D eigenvalue weighted by Gasteiger charge is 2.43. The highest BCUT2D eigenvalue weighted by atomic mass is 79.9. The maximum Gasteiger partial charge on any atom is 0.586 e. The molecule has 1 aromatic carbocycles. The third kappa shape index (κ3) is 2.42. The van der Waals surface area contributed by atoms with Crippen LogP contribution in [0.4, 0.5) is 13.9 Å². The fourth-order valence-corrected chi connectivity index (χ4v) is 2.62. The minimum absolute atomic E-state index is 0.0436. The SMILES string of the molecule is CC(Br)C(=O)Nc1nc2cc3c(cc2s1)OC(F)(F)O3. The van der Waals surface area contributed by atoms with E-state index in [4.69, 9.17) is 0 Å². The number of hydrogen-bond donors (Lipinski definition) is 1. The summed E-state index contributed by atoms with van der Waals surface area (Å²) in [7, 11) is 0. The zero-order valence-electron chi connectivity index (χ0n) is 9.95. The van der Waals surface area contributed by atoms with Crippen molar-refractivity contribution in [2.75, 3.05) is 5.32 Å². The van der Waals surface area contributed by atoms with Crippen LogP contribution >= 0.6 is 27.3 Å². The maximum absolute atomic E-state index is 12.9. The van der Waals surface area contributed by atoms with Crippen molar-refractivity contribution in [1.82, 2.24) is 4.98 Å². The van der Waals surface area contributed by atoms with Gasteiger partial charge in [-0.05, 0) is 6.92 Å². The predicted octanol–water partition coefficient (Wildman–Crippen LogP) is 3.34. The number of fused-ring (bicyclic) bond motifs is 2. The summed E-state index contributed by atoms with van der Waals surface area (Å²) in [6.45, 7) is 1.68. The van der Waals surface area contributed by atoms with Gasteiger partial charge in [0, 0.05) is 12.1 Å². The highest BCUT2D eigenvalue weighted by Crippen LogP contribution is 2.44. The molecule has 1 unspecified atom stereocenters. The van der Waals surface area contributed by atoms with Gasteiger partial charge in [0.25, 0.3) is 0 Å². The van der Waals surface area contributed by atoms with Crippen molar-refractivity contribution in [2.45, 2.75) is 18.0 Å². The van der Waals surface area contributed by atoms with Gasteiger partial charge in [-0.25, -0.2) is 4.98 Å². The van der Waals surface area contributed by atoms with Gasteiger partial charge in [-0.3, -0.25) is 4.79 Å². The van der Waals surface area contributed by atoms with Gasteiger partial charge in [0.05, 0.1) is 15.0 Å². The largest absolute Gasteiger partial charge is 0.586 e. The van der Waals surface area contributed by atoms with E-state index < -0.39 is 6.29 Å². The molecule has 1 aliphatic rings. The molecule has 0 saturated carbocycles. The van der Waals surface area contributed by atoms with Gasteiger partial charge in [-0.1, -0.05) is 27.3 Å². The number of ether oxygens (including phenoxy) is 2. The highest BCUT2D eigenvalue weighted by molar-refractivity contribution is 9.10. The van der Waals surface area contributed by atoms with Crippen LogP contribution in [0.15, 0.2) is 12.1 Å². The number of amides is 1. The molecular weight excluding hydrogens is 358 g/mol. The Morgan fingerprint density at radius 3 is 2.75 bits per heavy atom. The summed E-state index contributed by atoms with van der Waals surface area (Å²) < 4.78 is 35.1. The van der Waals surface area contributed by atoms with E-state index in [1.54, 1.807) is 6.92 Å². The van der Waals surface area contributed by atoms with E-state index in [2.05, 4.69) is 35.7 Å². The third-order valence-electron chi connectivity index (χ3n) is 2.50. The average Bonchev–Trinajstić information content (AvgIpc) is 2.82. The van der Waals surface area contributed by atoms with Crippen molar-refractivity contribution < 1.29 is 23.0 Å². The summed E-state index contributed by atoms with van der Waals surface area (Å²) in [6.07, 6.45) is -3.64. The summed E-state index contributed by atoms with van der Waals surface area (Å²) in [4.78, 5) is 15.3. The molecule has 2 aromatic rings. The molecule has 1 atom stereocenters. The van der Waals surface area contributed by atoms with E-state index in [1.165, 1.54) is 12.1 Å². The minimum Gasteiger partial charge on any atom is -0.395 e. The maximum atomic E-state index is 12.9. The fraction of sp³-hybridized carbons (Fsp3) is 0.273. The molecule has 1 aliphatic heterocycles. The third-order valence-corrected chi connectivity index (χ3v) is 3.85. The lowest BCUT2D eigenvalue weighted by Gasteiger charge is -2.04. The Morgan fingerprint density at radius 1 is 1.45 bits per heavy atom. The first-order valence-electron chi connectivity index (χ1n) is 5.49. The van der Waals surface area contributed by atoms with Crippen LogP contribution in [0, 0.1) is 0 Å². The molecule has 3 rings (SSSR count). The summed E-state index contributed by atoms with van der Waals surface area (Å²) in [5.41, 5.74) is 0.451. The lowest BCUT2D eigenvalue weighted by molar-refractivity contribution is -0.286. The van der Waals surface area contributed by atoms with Gasteiger partial charge in [-0.2, -0.15) is 0 Å². The number of nitrogens with zero attached hydrogens (tertiary/aromatic N) is 1. The van der Waals surface area contributed by atoms with E-state index >= 15 is 0 Å². The topological polar surface area (TPSA) is 60.5 Å². The second-order valence-corrected chi connectivity index (χ2v) is 6.46. The van der Waals surface area contributed by atoms with Crippen LogP contribution in [-0.2, 0) is 4.79 Å². The molecule has 0 radical (unpaired) electrons. The van der Waals surface area contributed by atoms with Crippen LogP contribution in [0.25, 0.3) is 10.2 Å². The zero-order valence-corrected chi connectivity index (χ0v) is 12.3. The van der Waals surface area contributed by atoms with E-state index in [9.17, 15) is 13.6 Å². The summed E-state index contributed by atoms with van der Waals surface area (Å²) >= 11 is 4.30. The van der Waals surface area contributed by atoms with Gasteiger partial charge in [0.2, 0.25) is 5.91 Å². The Hall–Kier alpha value is -1.48. The Kier molecular flexibility index (Phi) is 3.05. The van der Waals surface area contributed by atoms with Crippen molar-refractivity contribution in [3.05, 3.63) is 12.1 Å². The van der Waals surface area contributed by atoms with Crippen LogP contribution in [-0.4, -0.2) is 22.0 Å². The number of carbonyl (C=O) groups is 1. The van der Waals surface area contributed by atoms with Crippen LogP contribution in [0.5, 0.6) is 11.5 Å². The van der Waals surface area contributed by atoms with E-state index in [1.807, 2.05) is 0 Å². The molecule has 1 amide bonds. The number of nitrogens with one attached hydrogen (secondary N) is 1. The number of carbonyl (C=O) groups excluding carboxylic acids is 1. The number of aromatic nitrogens is 1. The molecule has 0 spiro atoms.